The molecule has 0 aliphatic carbocycles. The van der Waals surface area contributed by atoms with E-state index in [1.807, 2.05) is 42.2 Å². The van der Waals surface area contributed by atoms with Gasteiger partial charge in [-0.2, -0.15) is 0 Å². The second kappa shape index (κ2) is 8.04. The molecular formula is C19H24N4O3S. The molecule has 1 aliphatic rings. The summed E-state index contributed by atoms with van der Waals surface area (Å²) in [5.74, 6) is 0.747. The maximum atomic E-state index is 12.6. The van der Waals surface area contributed by atoms with Crippen molar-refractivity contribution in [3.05, 3.63) is 54.0 Å². The molecule has 0 N–H and O–H groups in total. The molecule has 1 amide bonds. The molecule has 8 heteroatoms. The van der Waals surface area contributed by atoms with Gasteiger partial charge < -0.3 is 9.80 Å². The molecule has 3 rings (SSSR count). The molecule has 2 heterocycles. The van der Waals surface area contributed by atoms with E-state index in [1.165, 1.54) is 6.20 Å². The average Bonchev–Trinajstić information content (AvgIpc) is 3.02. The first-order valence-electron chi connectivity index (χ1n) is 8.98. The molecule has 27 heavy (non-hydrogen) atoms. The van der Waals surface area contributed by atoms with Gasteiger partial charge in [0, 0.05) is 26.2 Å². The molecule has 0 saturated carbocycles. The zero-order valence-corrected chi connectivity index (χ0v) is 16.4. The number of carbonyl (C=O) groups excluding carboxylic acids is 1. The fraction of sp³-hybridized carbons (Fsp3) is 0.421. The quantitative estimate of drug-likeness (QED) is 0.750. The van der Waals surface area contributed by atoms with Crippen LogP contribution in [0.2, 0.25) is 0 Å². The number of benzene rings is 1. The van der Waals surface area contributed by atoms with Crippen LogP contribution < -0.4 is 4.90 Å². The fourth-order valence-corrected chi connectivity index (χ4v) is 5.06. The maximum Gasteiger partial charge on any atom is 0.274 e. The van der Waals surface area contributed by atoms with E-state index in [-0.39, 0.29) is 29.1 Å². The zero-order valence-electron chi connectivity index (χ0n) is 15.6. The second-order valence-electron chi connectivity index (χ2n) is 6.75. The Kier molecular flexibility index (Phi) is 5.74. The molecule has 2 aromatic rings. The van der Waals surface area contributed by atoms with Gasteiger partial charge in [0.05, 0.1) is 23.9 Å². The average molecular weight is 388 g/mol. The van der Waals surface area contributed by atoms with Crippen LogP contribution in [0.25, 0.3) is 0 Å². The molecule has 1 aromatic carbocycles. The summed E-state index contributed by atoms with van der Waals surface area (Å²) in [5.41, 5.74) is 1.31. The van der Waals surface area contributed by atoms with Gasteiger partial charge in [0.25, 0.3) is 5.91 Å². The molecule has 7 nitrogen and oxygen atoms in total. The number of hydrogen-bond acceptors (Lipinski definition) is 6. The van der Waals surface area contributed by atoms with Gasteiger partial charge in [-0.1, -0.05) is 30.3 Å². The van der Waals surface area contributed by atoms with E-state index in [0.717, 1.165) is 5.56 Å². The summed E-state index contributed by atoms with van der Waals surface area (Å²) in [6, 6.07) is 9.65. The van der Waals surface area contributed by atoms with E-state index >= 15 is 0 Å². The Bertz CT molecular complexity index is 885. The standard InChI is InChI=1S/C19H24N4O3S/c1-3-23(16-9-10-27(25,26)14-16)18-12-20-17(11-21-18)19(24)22(2)13-15-7-5-4-6-8-15/h4-8,11-12,16H,3,9-10,13-14H2,1-2H3. The van der Waals surface area contributed by atoms with Crippen LogP contribution in [0.3, 0.4) is 0 Å². The molecule has 1 saturated heterocycles. The van der Waals surface area contributed by atoms with Crippen molar-refractivity contribution < 1.29 is 13.2 Å². The first-order valence-corrected chi connectivity index (χ1v) is 10.8. The minimum Gasteiger partial charge on any atom is -0.352 e. The molecule has 0 spiro atoms. The lowest BCUT2D eigenvalue weighted by atomic mass is 10.2. The van der Waals surface area contributed by atoms with Crippen LogP contribution in [0.4, 0.5) is 5.82 Å². The molecule has 0 bridgehead atoms. The van der Waals surface area contributed by atoms with Gasteiger partial charge in [-0.05, 0) is 18.9 Å². The Hall–Kier alpha value is -2.48. The van der Waals surface area contributed by atoms with Crippen molar-refractivity contribution in [3.63, 3.8) is 0 Å². The van der Waals surface area contributed by atoms with Gasteiger partial charge in [0.15, 0.2) is 9.84 Å². The van der Waals surface area contributed by atoms with Gasteiger partial charge >= 0.3 is 0 Å². The Labute approximate surface area is 160 Å². The van der Waals surface area contributed by atoms with Gasteiger partial charge in [-0.3, -0.25) is 4.79 Å². The molecule has 0 radical (unpaired) electrons. The lowest BCUT2D eigenvalue weighted by Crippen LogP contribution is -2.37. The third kappa shape index (κ3) is 4.63. The van der Waals surface area contributed by atoms with Crippen LogP contribution in [-0.2, 0) is 16.4 Å². The van der Waals surface area contributed by atoms with Crippen molar-refractivity contribution in [2.24, 2.45) is 0 Å². The van der Waals surface area contributed by atoms with Crippen LogP contribution >= 0.6 is 0 Å². The van der Waals surface area contributed by atoms with Crippen molar-refractivity contribution in [3.8, 4) is 0 Å². The molecular weight excluding hydrogens is 364 g/mol. The Morgan fingerprint density at radius 3 is 2.48 bits per heavy atom. The Morgan fingerprint density at radius 2 is 1.93 bits per heavy atom. The molecule has 1 unspecified atom stereocenters. The highest BCUT2D eigenvalue weighted by Gasteiger charge is 2.32. The summed E-state index contributed by atoms with van der Waals surface area (Å²) in [6.45, 7) is 3.08. The third-order valence-corrected chi connectivity index (χ3v) is 6.50. The number of sulfone groups is 1. The Morgan fingerprint density at radius 1 is 1.19 bits per heavy atom. The summed E-state index contributed by atoms with van der Waals surface area (Å²) < 4.78 is 23.5. The summed E-state index contributed by atoms with van der Waals surface area (Å²) in [7, 11) is -1.24. The highest BCUT2D eigenvalue weighted by molar-refractivity contribution is 7.91. The van der Waals surface area contributed by atoms with E-state index in [4.69, 9.17) is 0 Å². The molecule has 1 fully saturated rings. The highest BCUT2D eigenvalue weighted by Crippen LogP contribution is 2.22. The second-order valence-corrected chi connectivity index (χ2v) is 8.98. The van der Waals surface area contributed by atoms with Crippen molar-refractivity contribution in [1.82, 2.24) is 14.9 Å². The lowest BCUT2D eigenvalue weighted by Gasteiger charge is -2.27. The van der Waals surface area contributed by atoms with Crippen LogP contribution in [0.15, 0.2) is 42.7 Å². The first-order chi connectivity index (χ1) is 12.9. The number of anilines is 1. The lowest BCUT2D eigenvalue weighted by molar-refractivity contribution is 0.0779. The number of aromatic nitrogens is 2. The van der Waals surface area contributed by atoms with E-state index in [0.29, 0.717) is 25.3 Å². The minimum atomic E-state index is -2.97. The SMILES string of the molecule is CCN(c1cnc(C(=O)N(C)Cc2ccccc2)cn1)C1CCS(=O)(=O)C1. The molecule has 144 valence electrons. The van der Waals surface area contributed by atoms with Crippen LogP contribution in [0.1, 0.15) is 29.4 Å². The number of amides is 1. The van der Waals surface area contributed by atoms with Crippen LogP contribution in [0, 0.1) is 0 Å². The number of carbonyl (C=O) groups is 1. The van der Waals surface area contributed by atoms with Crippen LogP contribution in [0.5, 0.6) is 0 Å². The van der Waals surface area contributed by atoms with E-state index in [1.54, 1.807) is 18.1 Å². The Balaban J connectivity index is 1.69. The third-order valence-electron chi connectivity index (χ3n) is 4.75. The largest absolute Gasteiger partial charge is 0.352 e. The van der Waals surface area contributed by atoms with Gasteiger partial charge in [0.2, 0.25) is 0 Å². The van der Waals surface area contributed by atoms with E-state index in [2.05, 4.69) is 9.97 Å². The topological polar surface area (TPSA) is 83.5 Å². The summed E-state index contributed by atoms with van der Waals surface area (Å²) in [4.78, 5) is 24.8. The van der Waals surface area contributed by atoms with Gasteiger partial charge in [-0.15, -0.1) is 0 Å². The molecule has 1 atom stereocenters. The zero-order chi connectivity index (χ0) is 19.4. The van der Waals surface area contributed by atoms with E-state index < -0.39 is 9.84 Å². The molecule has 1 aliphatic heterocycles. The smallest absolute Gasteiger partial charge is 0.274 e. The monoisotopic (exact) mass is 388 g/mol. The maximum absolute atomic E-state index is 12.6. The fourth-order valence-electron chi connectivity index (χ4n) is 3.33. The van der Waals surface area contributed by atoms with Crippen LogP contribution in [-0.4, -0.2) is 60.3 Å². The summed E-state index contributed by atoms with van der Waals surface area (Å²) >= 11 is 0. The normalized spacial score (nSPS) is 18.2. The minimum absolute atomic E-state index is 0.0865. The predicted molar refractivity (Wildman–Crippen MR) is 104 cm³/mol. The predicted octanol–water partition coefficient (Wildman–Crippen LogP) is 1.76. The first kappa shape index (κ1) is 19.3. The van der Waals surface area contributed by atoms with Gasteiger partial charge in [0.1, 0.15) is 11.5 Å². The number of rotatable bonds is 6. The number of hydrogen-bond donors (Lipinski definition) is 0. The summed E-state index contributed by atoms with van der Waals surface area (Å²) in [6.07, 6.45) is 3.61. The van der Waals surface area contributed by atoms with E-state index in [9.17, 15) is 13.2 Å². The number of nitrogens with zero attached hydrogens (tertiary/aromatic N) is 4. The molecule has 1 aromatic heterocycles. The highest BCUT2D eigenvalue weighted by atomic mass is 32.2. The van der Waals surface area contributed by atoms with Crippen molar-refractivity contribution in [1.29, 1.82) is 0 Å². The van der Waals surface area contributed by atoms with Crippen molar-refractivity contribution in [2.75, 3.05) is 30.0 Å². The van der Waals surface area contributed by atoms with Gasteiger partial charge in [-0.25, -0.2) is 18.4 Å². The van der Waals surface area contributed by atoms with Crippen molar-refractivity contribution >= 4 is 21.6 Å². The summed E-state index contributed by atoms with van der Waals surface area (Å²) in [5, 5.41) is 0. The van der Waals surface area contributed by atoms with Crippen molar-refractivity contribution in [2.45, 2.75) is 25.9 Å².